The van der Waals surface area contributed by atoms with Gasteiger partial charge in [-0.2, -0.15) is 0 Å². The largest absolute Gasteiger partial charge is 0.760 e. The molecule has 1 unspecified atom stereocenters. The van der Waals surface area contributed by atoms with Gasteiger partial charge in [0.15, 0.2) is 6.10 Å². The number of primary amides is 1. The summed E-state index contributed by atoms with van der Waals surface area (Å²) in [5.41, 5.74) is 4.74. The summed E-state index contributed by atoms with van der Waals surface area (Å²) in [5.74, 6) is -2.71. The van der Waals surface area contributed by atoms with Gasteiger partial charge in [-0.25, -0.2) is 13.5 Å². The Balaban J connectivity index is 2.21. The molecule has 1 aromatic carbocycles. The highest BCUT2D eigenvalue weighted by molar-refractivity contribution is 7.77. The van der Waals surface area contributed by atoms with Crippen LogP contribution in [0.2, 0.25) is 0 Å². The fraction of sp³-hybridized carbons (Fsp3) is 0.500. The Hall–Kier alpha value is -1.46. The summed E-state index contributed by atoms with van der Waals surface area (Å²) >= 11 is -2.61. The third-order valence-corrected chi connectivity index (χ3v) is 3.96. The van der Waals surface area contributed by atoms with Gasteiger partial charge in [0.25, 0.3) is 5.91 Å². The molecule has 24 heavy (non-hydrogen) atoms. The lowest BCUT2D eigenvalue weighted by Crippen LogP contribution is -2.32. The number of halogens is 2. The van der Waals surface area contributed by atoms with E-state index in [1.54, 1.807) is 0 Å². The summed E-state index contributed by atoms with van der Waals surface area (Å²) < 4.78 is 61.8. The van der Waals surface area contributed by atoms with Crippen molar-refractivity contribution in [2.75, 3.05) is 13.2 Å². The first-order valence-electron chi connectivity index (χ1n) is 7.21. The van der Waals surface area contributed by atoms with Gasteiger partial charge in [0.05, 0.1) is 6.10 Å². The van der Waals surface area contributed by atoms with E-state index in [0.29, 0.717) is 26.1 Å². The Labute approximate surface area is 139 Å². The van der Waals surface area contributed by atoms with Crippen LogP contribution in [-0.4, -0.2) is 34.0 Å². The van der Waals surface area contributed by atoms with Crippen molar-refractivity contribution in [2.45, 2.75) is 31.6 Å². The standard InChI is InChI=1S/C14H18F2N2O5S/c15-11-6-10(12(16)5-8(11)7-18-24(20)21)13(14(17)19)23-9-1-3-22-4-2-9/h5-6,9,13,18H,1-4,7H2,(H2,17,19)(H,20,21)/p-1/t13-/m0/s1. The van der Waals surface area contributed by atoms with Crippen LogP contribution in [-0.2, 0) is 32.1 Å². The highest BCUT2D eigenvalue weighted by Gasteiger charge is 2.28. The van der Waals surface area contributed by atoms with Gasteiger partial charge in [-0.15, -0.1) is 0 Å². The Bertz CT molecular complexity index is 625. The Morgan fingerprint density at radius 1 is 1.42 bits per heavy atom. The van der Waals surface area contributed by atoms with Crippen LogP contribution in [0.1, 0.15) is 30.1 Å². The second-order valence-corrected chi connectivity index (χ2v) is 6.01. The molecule has 1 aromatic rings. The van der Waals surface area contributed by atoms with Gasteiger partial charge in [-0.1, -0.05) is 0 Å². The number of carbonyl (C=O) groups excluding carboxylic acids is 1. The summed E-state index contributed by atoms with van der Waals surface area (Å²) in [5, 5.41) is 0. The van der Waals surface area contributed by atoms with Gasteiger partial charge in [0, 0.05) is 42.2 Å². The molecule has 1 heterocycles. The van der Waals surface area contributed by atoms with E-state index < -0.39 is 41.5 Å². The molecule has 7 nitrogen and oxygen atoms in total. The lowest BCUT2D eigenvalue weighted by molar-refractivity contribution is -0.138. The molecule has 134 valence electrons. The van der Waals surface area contributed by atoms with E-state index in [1.807, 2.05) is 4.72 Å². The van der Waals surface area contributed by atoms with Crippen molar-refractivity contribution in [3.63, 3.8) is 0 Å². The van der Waals surface area contributed by atoms with Crippen molar-refractivity contribution in [3.05, 3.63) is 34.9 Å². The van der Waals surface area contributed by atoms with Crippen LogP contribution in [0.15, 0.2) is 12.1 Å². The number of nitrogens with two attached hydrogens (primary N) is 1. The molecule has 1 saturated heterocycles. The molecule has 2 rings (SSSR count). The van der Waals surface area contributed by atoms with Crippen molar-refractivity contribution < 1.29 is 31.8 Å². The predicted molar refractivity (Wildman–Crippen MR) is 79.0 cm³/mol. The normalized spacial score (nSPS) is 18.3. The molecular formula is C14H17F2N2O5S-. The van der Waals surface area contributed by atoms with E-state index in [9.17, 15) is 22.3 Å². The quantitative estimate of drug-likeness (QED) is 0.688. The van der Waals surface area contributed by atoms with Crippen LogP contribution in [0.25, 0.3) is 0 Å². The van der Waals surface area contributed by atoms with Gasteiger partial charge >= 0.3 is 0 Å². The summed E-state index contributed by atoms with van der Waals surface area (Å²) in [4.78, 5) is 11.6. The third kappa shape index (κ3) is 5.02. The van der Waals surface area contributed by atoms with E-state index >= 15 is 0 Å². The fourth-order valence-electron chi connectivity index (χ4n) is 2.37. The lowest BCUT2D eigenvalue weighted by atomic mass is 10.0. The average Bonchev–Trinajstić information content (AvgIpc) is 2.54. The second-order valence-electron chi connectivity index (χ2n) is 5.25. The van der Waals surface area contributed by atoms with Crippen molar-refractivity contribution in [1.29, 1.82) is 0 Å². The first-order chi connectivity index (χ1) is 11.4. The smallest absolute Gasteiger partial charge is 0.251 e. The minimum Gasteiger partial charge on any atom is -0.760 e. The maximum Gasteiger partial charge on any atom is 0.251 e. The van der Waals surface area contributed by atoms with Crippen LogP contribution in [0.5, 0.6) is 0 Å². The molecule has 0 aliphatic carbocycles. The monoisotopic (exact) mass is 363 g/mol. The van der Waals surface area contributed by atoms with E-state index in [-0.39, 0.29) is 17.2 Å². The fourth-order valence-corrected chi connectivity index (χ4v) is 2.65. The van der Waals surface area contributed by atoms with E-state index in [2.05, 4.69) is 0 Å². The predicted octanol–water partition coefficient (Wildman–Crippen LogP) is 0.571. The minimum atomic E-state index is -2.61. The number of rotatable bonds is 7. The van der Waals surface area contributed by atoms with Gasteiger partial charge in [-0.05, 0) is 25.0 Å². The van der Waals surface area contributed by atoms with Crippen molar-refractivity contribution in [3.8, 4) is 0 Å². The summed E-state index contributed by atoms with van der Waals surface area (Å²) in [6.45, 7) is 0.481. The molecule has 0 bridgehead atoms. The minimum absolute atomic E-state index is 0.199. The topological polar surface area (TPSA) is 114 Å². The number of hydrogen-bond donors (Lipinski definition) is 2. The number of amides is 1. The molecule has 10 heteroatoms. The first kappa shape index (κ1) is 18.9. The molecule has 0 spiro atoms. The summed E-state index contributed by atoms with van der Waals surface area (Å²) in [7, 11) is 0. The van der Waals surface area contributed by atoms with E-state index in [0.717, 1.165) is 12.1 Å². The number of carbonyl (C=O) groups is 1. The zero-order valence-electron chi connectivity index (χ0n) is 12.6. The van der Waals surface area contributed by atoms with E-state index in [4.69, 9.17) is 15.2 Å². The maximum absolute atomic E-state index is 14.3. The lowest BCUT2D eigenvalue weighted by Gasteiger charge is -2.26. The second kappa shape index (κ2) is 8.58. The van der Waals surface area contributed by atoms with Gasteiger partial charge in [0.2, 0.25) is 0 Å². The van der Waals surface area contributed by atoms with Crippen LogP contribution in [0, 0.1) is 11.6 Å². The van der Waals surface area contributed by atoms with Crippen LogP contribution in [0.3, 0.4) is 0 Å². The summed E-state index contributed by atoms with van der Waals surface area (Å²) in [6.07, 6.45) is -0.739. The van der Waals surface area contributed by atoms with Crippen LogP contribution in [0.4, 0.5) is 8.78 Å². The Morgan fingerprint density at radius 3 is 2.67 bits per heavy atom. The maximum atomic E-state index is 14.3. The van der Waals surface area contributed by atoms with Gasteiger partial charge < -0.3 is 19.8 Å². The Kier molecular flexibility index (Phi) is 6.75. The number of nitrogens with one attached hydrogen (secondary N) is 1. The summed E-state index contributed by atoms with van der Waals surface area (Å²) in [6, 6.07) is 1.61. The SMILES string of the molecule is NC(=O)[C@@H](OC1CCOCC1)c1cc(F)c(CNS(=O)[O-])cc1F. The highest BCUT2D eigenvalue weighted by Crippen LogP contribution is 2.27. The molecule has 0 saturated carbocycles. The highest BCUT2D eigenvalue weighted by atomic mass is 32.2. The molecule has 1 fully saturated rings. The molecule has 3 N–H and O–H groups in total. The van der Waals surface area contributed by atoms with Crippen molar-refractivity contribution in [2.24, 2.45) is 5.73 Å². The van der Waals surface area contributed by atoms with Crippen molar-refractivity contribution in [1.82, 2.24) is 4.72 Å². The Morgan fingerprint density at radius 2 is 2.08 bits per heavy atom. The van der Waals surface area contributed by atoms with Crippen LogP contribution < -0.4 is 10.5 Å². The molecule has 1 aliphatic heterocycles. The zero-order valence-corrected chi connectivity index (χ0v) is 13.4. The number of benzene rings is 1. The van der Waals surface area contributed by atoms with Gasteiger partial charge in [-0.3, -0.25) is 9.00 Å². The van der Waals surface area contributed by atoms with E-state index in [1.165, 1.54) is 0 Å². The third-order valence-electron chi connectivity index (χ3n) is 3.58. The number of hydrogen-bond acceptors (Lipinski definition) is 5. The first-order valence-corrected chi connectivity index (χ1v) is 8.29. The molecule has 0 aromatic heterocycles. The van der Waals surface area contributed by atoms with Gasteiger partial charge in [0.1, 0.15) is 11.6 Å². The van der Waals surface area contributed by atoms with Crippen molar-refractivity contribution >= 4 is 17.2 Å². The zero-order chi connectivity index (χ0) is 17.7. The molecular weight excluding hydrogens is 346 g/mol. The molecule has 0 radical (unpaired) electrons. The molecule has 1 amide bonds. The van der Waals surface area contributed by atoms with Crippen LogP contribution >= 0.6 is 0 Å². The average molecular weight is 363 g/mol. The molecule has 1 aliphatic rings. The number of ether oxygens (including phenoxy) is 2. The molecule has 2 atom stereocenters.